The third-order valence-electron chi connectivity index (χ3n) is 3.97. The number of hydrogen-bond donors (Lipinski definition) is 2. The number of carboxylic acid groups (broad SMARTS) is 1. The van der Waals surface area contributed by atoms with Gasteiger partial charge in [0, 0.05) is 11.0 Å². The van der Waals surface area contributed by atoms with Crippen molar-refractivity contribution in [2.75, 3.05) is 6.54 Å². The standard InChI is InChI=1S/C14H18BrNO4S/c1-14(6-2-3-7-14)9-16-21(19,20)12-5-4-10(13(17)18)8-11(12)15/h4-5,8,16H,2-3,6-7,9H2,1H3,(H,17,18). The molecule has 7 heteroatoms. The number of benzene rings is 1. The van der Waals surface area contributed by atoms with E-state index < -0.39 is 16.0 Å². The Bertz CT molecular complexity index is 651. The Kier molecular flexibility index (Phi) is 4.75. The van der Waals surface area contributed by atoms with E-state index in [1.165, 1.54) is 18.2 Å². The fraction of sp³-hybridized carbons (Fsp3) is 0.500. The smallest absolute Gasteiger partial charge is 0.335 e. The molecule has 0 unspecified atom stereocenters. The monoisotopic (exact) mass is 375 g/mol. The average Bonchev–Trinajstić information content (AvgIpc) is 2.84. The third-order valence-corrected chi connectivity index (χ3v) is 6.35. The van der Waals surface area contributed by atoms with Crippen molar-refractivity contribution in [3.8, 4) is 0 Å². The topological polar surface area (TPSA) is 83.5 Å². The highest BCUT2D eigenvalue weighted by Gasteiger charge is 2.30. The van der Waals surface area contributed by atoms with E-state index in [0.29, 0.717) is 6.54 Å². The van der Waals surface area contributed by atoms with Gasteiger partial charge in [-0.05, 0) is 52.4 Å². The zero-order valence-electron chi connectivity index (χ0n) is 11.7. The van der Waals surface area contributed by atoms with Crippen molar-refractivity contribution in [3.63, 3.8) is 0 Å². The molecule has 0 saturated heterocycles. The first-order valence-corrected chi connectivity index (χ1v) is 9.04. The van der Waals surface area contributed by atoms with Gasteiger partial charge in [-0.3, -0.25) is 0 Å². The van der Waals surface area contributed by atoms with Crippen molar-refractivity contribution in [2.24, 2.45) is 5.41 Å². The molecule has 1 aliphatic carbocycles. The van der Waals surface area contributed by atoms with Crippen molar-refractivity contribution < 1.29 is 18.3 Å². The summed E-state index contributed by atoms with van der Waals surface area (Å²) in [5, 5.41) is 8.90. The third kappa shape index (κ3) is 3.84. The molecular weight excluding hydrogens is 358 g/mol. The SMILES string of the molecule is CC1(CNS(=O)(=O)c2ccc(C(=O)O)cc2Br)CCCC1. The molecule has 116 valence electrons. The molecule has 1 aromatic carbocycles. The van der Waals surface area contributed by atoms with Crippen LogP contribution in [0, 0.1) is 5.41 Å². The lowest BCUT2D eigenvalue weighted by Crippen LogP contribution is -2.34. The number of nitrogens with one attached hydrogen (secondary N) is 1. The summed E-state index contributed by atoms with van der Waals surface area (Å²) in [7, 11) is -3.65. The van der Waals surface area contributed by atoms with Crippen molar-refractivity contribution >= 4 is 31.9 Å². The van der Waals surface area contributed by atoms with E-state index >= 15 is 0 Å². The molecule has 1 fully saturated rings. The van der Waals surface area contributed by atoms with Crippen LogP contribution in [0.5, 0.6) is 0 Å². The predicted molar refractivity (Wildman–Crippen MR) is 82.9 cm³/mol. The minimum Gasteiger partial charge on any atom is -0.478 e. The Morgan fingerprint density at radius 3 is 2.52 bits per heavy atom. The van der Waals surface area contributed by atoms with Gasteiger partial charge in [0.05, 0.1) is 10.5 Å². The molecule has 0 aliphatic heterocycles. The summed E-state index contributed by atoms with van der Waals surface area (Å²) < 4.78 is 27.6. The second kappa shape index (κ2) is 6.06. The Morgan fingerprint density at radius 1 is 1.38 bits per heavy atom. The van der Waals surface area contributed by atoms with Crippen LogP contribution >= 0.6 is 15.9 Å². The van der Waals surface area contributed by atoms with E-state index in [0.717, 1.165) is 25.7 Å². The molecule has 0 spiro atoms. The Labute approximate surface area is 132 Å². The molecule has 2 N–H and O–H groups in total. The lowest BCUT2D eigenvalue weighted by molar-refractivity contribution is 0.0696. The number of halogens is 1. The summed E-state index contributed by atoms with van der Waals surface area (Å²) in [6, 6.07) is 3.90. The van der Waals surface area contributed by atoms with Gasteiger partial charge < -0.3 is 5.11 Å². The molecule has 0 heterocycles. The van der Waals surface area contributed by atoms with Crippen LogP contribution in [-0.2, 0) is 10.0 Å². The first kappa shape index (κ1) is 16.5. The van der Waals surface area contributed by atoms with Gasteiger partial charge in [-0.1, -0.05) is 19.8 Å². The fourth-order valence-corrected chi connectivity index (χ4v) is 4.88. The Hall–Kier alpha value is -0.920. The van der Waals surface area contributed by atoms with Crippen molar-refractivity contribution in [3.05, 3.63) is 28.2 Å². The first-order chi connectivity index (χ1) is 9.73. The van der Waals surface area contributed by atoms with Crippen LogP contribution in [0.3, 0.4) is 0 Å². The van der Waals surface area contributed by atoms with Crippen LogP contribution in [-0.4, -0.2) is 26.0 Å². The number of rotatable bonds is 5. The number of aromatic carboxylic acids is 1. The van der Waals surface area contributed by atoms with Gasteiger partial charge in [-0.25, -0.2) is 17.9 Å². The first-order valence-electron chi connectivity index (χ1n) is 6.76. The lowest BCUT2D eigenvalue weighted by Gasteiger charge is -2.23. The molecule has 2 rings (SSSR count). The highest BCUT2D eigenvalue weighted by atomic mass is 79.9. The summed E-state index contributed by atoms with van der Waals surface area (Å²) >= 11 is 3.14. The fourth-order valence-electron chi connectivity index (χ4n) is 2.60. The minimum absolute atomic E-state index is 0.0144. The van der Waals surface area contributed by atoms with Crippen molar-refractivity contribution in [1.29, 1.82) is 0 Å². The second-order valence-corrected chi connectivity index (χ2v) is 8.38. The Balaban J connectivity index is 2.17. The van der Waals surface area contributed by atoms with Gasteiger partial charge in [0.25, 0.3) is 0 Å². The van der Waals surface area contributed by atoms with Crippen LogP contribution in [0.4, 0.5) is 0 Å². The minimum atomic E-state index is -3.65. The highest BCUT2D eigenvalue weighted by Crippen LogP contribution is 2.37. The summed E-state index contributed by atoms with van der Waals surface area (Å²) in [6.45, 7) is 2.49. The molecule has 5 nitrogen and oxygen atoms in total. The number of sulfonamides is 1. The van der Waals surface area contributed by atoms with Gasteiger partial charge in [0.1, 0.15) is 0 Å². The molecule has 0 radical (unpaired) electrons. The van der Waals surface area contributed by atoms with Crippen LogP contribution in [0.25, 0.3) is 0 Å². The molecule has 0 amide bonds. The van der Waals surface area contributed by atoms with Gasteiger partial charge >= 0.3 is 5.97 Å². The van der Waals surface area contributed by atoms with Gasteiger partial charge in [-0.2, -0.15) is 0 Å². The molecule has 0 bridgehead atoms. The van der Waals surface area contributed by atoms with Crippen LogP contribution < -0.4 is 4.72 Å². The maximum absolute atomic E-state index is 12.3. The van der Waals surface area contributed by atoms with Crippen LogP contribution in [0.2, 0.25) is 0 Å². The maximum Gasteiger partial charge on any atom is 0.335 e. The number of carboxylic acids is 1. The maximum atomic E-state index is 12.3. The number of hydrogen-bond acceptors (Lipinski definition) is 3. The van der Waals surface area contributed by atoms with E-state index in [1.54, 1.807) is 0 Å². The van der Waals surface area contributed by atoms with E-state index in [1.807, 2.05) is 0 Å². The summed E-state index contributed by atoms with van der Waals surface area (Å²) in [6.07, 6.45) is 4.31. The summed E-state index contributed by atoms with van der Waals surface area (Å²) in [5.41, 5.74) is 0.0594. The van der Waals surface area contributed by atoms with Gasteiger partial charge in [0.2, 0.25) is 10.0 Å². The largest absolute Gasteiger partial charge is 0.478 e. The molecule has 0 atom stereocenters. The normalized spacial score (nSPS) is 17.8. The van der Waals surface area contributed by atoms with Gasteiger partial charge in [0.15, 0.2) is 0 Å². The molecule has 1 aliphatic rings. The Morgan fingerprint density at radius 2 is 2.00 bits per heavy atom. The zero-order valence-corrected chi connectivity index (χ0v) is 14.1. The molecular formula is C14H18BrNO4S. The lowest BCUT2D eigenvalue weighted by atomic mass is 9.89. The number of carbonyl (C=O) groups is 1. The molecule has 1 saturated carbocycles. The summed E-state index contributed by atoms with van der Waals surface area (Å²) in [5.74, 6) is -1.09. The van der Waals surface area contributed by atoms with Crippen LogP contribution in [0.1, 0.15) is 43.0 Å². The average molecular weight is 376 g/mol. The van der Waals surface area contributed by atoms with E-state index in [9.17, 15) is 13.2 Å². The molecule has 1 aromatic rings. The molecule has 0 aromatic heterocycles. The van der Waals surface area contributed by atoms with E-state index in [2.05, 4.69) is 27.6 Å². The predicted octanol–water partition coefficient (Wildman–Crippen LogP) is 3.01. The highest BCUT2D eigenvalue weighted by molar-refractivity contribution is 9.10. The van der Waals surface area contributed by atoms with Crippen molar-refractivity contribution in [2.45, 2.75) is 37.5 Å². The zero-order chi connectivity index (χ0) is 15.7. The second-order valence-electron chi connectivity index (χ2n) is 5.79. The quantitative estimate of drug-likeness (QED) is 0.828. The van der Waals surface area contributed by atoms with E-state index in [-0.39, 0.29) is 20.3 Å². The van der Waals surface area contributed by atoms with Gasteiger partial charge in [-0.15, -0.1) is 0 Å². The van der Waals surface area contributed by atoms with Crippen LogP contribution in [0.15, 0.2) is 27.6 Å². The summed E-state index contributed by atoms with van der Waals surface area (Å²) in [4.78, 5) is 10.9. The van der Waals surface area contributed by atoms with Crippen molar-refractivity contribution in [1.82, 2.24) is 4.72 Å². The molecule has 21 heavy (non-hydrogen) atoms. The van der Waals surface area contributed by atoms with E-state index in [4.69, 9.17) is 5.11 Å².